The van der Waals surface area contributed by atoms with Crippen molar-refractivity contribution in [2.24, 2.45) is 0 Å². The van der Waals surface area contributed by atoms with Gasteiger partial charge in [-0.1, -0.05) is 0 Å². The van der Waals surface area contributed by atoms with Crippen LogP contribution in [0, 0.1) is 0 Å². The summed E-state index contributed by atoms with van der Waals surface area (Å²) in [6.45, 7) is 3.85. The largest absolute Gasteiger partial charge is 0.490 e. The number of hydrogen-bond donors (Lipinski definition) is 1. The van der Waals surface area contributed by atoms with E-state index in [1.165, 1.54) is 7.11 Å². The lowest BCUT2D eigenvalue weighted by molar-refractivity contribution is 0.102. The SMILES string of the molecule is COc1ncccc1NC(=O)c1cn2cc(C34CC3(OC)C4)nc2cc1OC(C)C. The number of aromatic nitrogens is 3. The van der Waals surface area contributed by atoms with Crippen LogP contribution < -0.4 is 14.8 Å². The van der Waals surface area contributed by atoms with Gasteiger partial charge in [0.25, 0.3) is 5.91 Å². The Kier molecular flexibility index (Phi) is 4.05. The Bertz CT molecular complexity index is 1150. The predicted octanol–water partition coefficient (Wildman–Crippen LogP) is 3.21. The predicted molar refractivity (Wildman–Crippen MR) is 110 cm³/mol. The molecule has 3 heterocycles. The van der Waals surface area contributed by atoms with Crippen LogP contribution in [0.25, 0.3) is 5.65 Å². The third-order valence-electron chi connectivity index (χ3n) is 6.05. The average Bonchev–Trinajstić information content (AvgIpc) is 3.49. The van der Waals surface area contributed by atoms with Crippen LogP contribution >= 0.6 is 0 Å². The third-order valence-corrected chi connectivity index (χ3v) is 6.05. The van der Waals surface area contributed by atoms with Crippen molar-refractivity contribution in [3.05, 3.63) is 48.0 Å². The number of ether oxygens (including phenoxy) is 3. The van der Waals surface area contributed by atoms with Crippen LogP contribution in [0.4, 0.5) is 5.69 Å². The summed E-state index contributed by atoms with van der Waals surface area (Å²) in [5.74, 6) is 0.522. The van der Waals surface area contributed by atoms with Crippen molar-refractivity contribution in [2.75, 3.05) is 19.5 Å². The van der Waals surface area contributed by atoms with Crippen LogP contribution in [-0.2, 0) is 10.2 Å². The molecule has 0 atom stereocenters. The van der Waals surface area contributed by atoms with Gasteiger partial charge in [0.15, 0.2) is 0 Å². The van der Waals surface area contributed by atoms with Crippen LogP contribution in [-0.4, -0.2) is 46.2 Å². The molecule has 3 aromatic heterocycles. The molecule has 30 heavy (non-hydrogen) atoms. The number of carbonyl (C=O) groups excluding carboxylic acids is 1. The average molecular weight is 408 g/mol. The van der Waals surface area contributed by atoms with Gasteiger partial charge < -0.3 is 23.9 Å². The highest BCUT2D eigenvalue weighted by atomic mass is 16.5. The highest BCUT2D eigenvalue weighted by Gasteiger charge is 2.86. The van der Waals surface area contributed by atoms with Gasteiger partial charge in [-0.25, -0.2) is 9.97 Å². The number of nitrogens with one attached hydrogen (secondary N) is 1. The maximum atomic E-state index is 13.1. The molecular weight excluding hydrogens is 384 g/mol. The van der Waals surface area contributed by atoms with E-state index < -0.39 is 0 Å². The van der Waals surface area contributed by atoms with Gasteiger partial charge in [0, 0.05) is 37.2 Å². The second-order valence-corrected chi connectivity index (χ2v) is 8.26. The van der Waals surface area contributed by atoms with Gasteiger partial charge in [-0.3, -0.25) is 4.79 Å². The zero-order valence-corrected chi connectivity index (χ0v) is 17.4. The van der Waals surface area contributed by atoms with Crippen molar-refractivity contribution in [1.82, 2.24) is 14.4 Å². The summed E-state index contributed by atoms with van der Waals surface area (Å²) in [4.78, 5) is 22.0. The van der Waals surface area contributed by atoms with E-state index in [2.05, 4.69) is 10.3 Å². The lowest BCUT2D eigenvalue weighted by Gasteiger charge is -2.15. The van der Waals surface area contributed by atoms with E-state index in [1.807, 2.05) is 30.5 Å². The Hall–Kier alpha value is -3.13. The smallest absolute Gasteiger partial charge is 0.261 e. The van der Waals surface area contributed by atoms with Gasteiger partial charge in [-0.15, -0.1) is 0 Å². The minimum Gasteiger partial charge on any atom is -0.490 e. The molecule has 0 unspecified atom stereocenters. The van der Waals surface area contributed by atoms with E-state index in [-0.39, 0.29) is 23.0 Å². The third kappa shape index (κ3) is 2.74. The number of nitrogens with zero attached hydrogens (tertiary/aromatic N) is 3. The molecule has 0 radical (unpaired) electrons. The van der Waals surface area contributed by atoms with E-state index >= 15 is 0 Å². The molecule has 1 N–H and O–H groups in total. The monoisotopic (exact) mass is 408 g/mol. The molecule has 2 aliphatic carbocycles. The van der Waals surface area contributed by atoms with Gasteiger partial charge >= 0.3 is 0 Å². The highest BCUT2D eigenvalue weighted by Crippen LogP contribution is 2.80. The fraction of sp³-hybridized carbons (Fsp3) is 0.409. The van der Waals surface area contributed by atoms with Crippen LogP contribution in [0.5, 0.6) is 11.6 Å². The lowest BCUT2D eigenvalue weighted by atomic mass is 10.1. The first-order chi connectivity index (χ1) is 14.4. The summed E-state index contributed by atoms with van der Waals surface area (Å²) >= 11 is 0. The molecule has 2 aliphatic rings. The molecule has 2 saturated carbocycles. The molecule has 8 nitrogen and oxygen atoms in total. The fourth-order valence-electron chi connectivity index (χ4n) is 4.20. The van der Waals surface area contributed by atoms with E-state index in [0.717, 1.165) is 24.2 Å². The summed E-state index contributed by atoms with van der Waals surface area (Å²) in [7, 11) is 3.27. The molecule has 156 valence electrons. The van der Waals surface area contributed by atoms with Gasteiger partial charge in [-0.2, -0.15) is 0 Å². The van der Waals surface area contributed by atoms with Crippen LogP contribution in [0.3, 0.4) is 0 Å². The van der Waals surface area contributed by atoms with Crippen LogP contribution in [0.2, 0.25) is 0 Å². The number of imidazole rings is 1. The molecule has 0 bridgehead atoms. The highest BCUT2D eigenvalue weighted by molar-refractivity contribution is 6.06. The van der Waals surface area contributed by atoms with Crippen molar-refractivity contribution in [3.63, 3.8) is 0 Å². The van der Waals surface area contributed by atoms with Gasteiger partial charge in [0.05, 0.1) is 30.1 Å². The van der Waals surface area contributed by atoms with Crippen LogP contribution in [0.1, 0.15) is 42.7 Å². The van der Waals surface area contributed by atoms with Gasteiger partial charge in [0.2, 0.25) is 5.88 Å². The van der Waals surface area contributed by atoms with Crippen molar-refractivity contribution in [1.29, 1.82) is 0 Å². The number of amides is 1. The first-order valence-electron chi connectivity index (χ1n) is 9.97. The van der Waals surface area contributed by atoms with E-state index in [4.69, 9.17) is 19.2 Å². The topological polar surface area (TPSA) is 87.0 Å². The first kappa shape index (κ1) is 18.9. The van der Waals surface area contributed by atoms with E-state index in [9.17, 15) is 4.79 Å². The number of rotatable bonds is 7. The molecule has 0 aliphatic heterocycles. The number of pyridine rings is 2. The molecule has 0 spiro atoms. The molecule has 3 aromatic rings. The minimum absolute atomic E-state index is 0.0285. The number of hydrogen-bond acceptors (Lipinski definition) is 6. The Labute approximate surface area is 174 Å². The lowest BCUT2D eigenvalue weighted by Crippen LogP contribution is -2.17. The molecular formula is C22H24N4O4. The number of fused-ring (bicyclic) bond motifs is 2. The Balaban J connectivity index is 1.52. The number of methoxy groups -OCH3 is 2. The molecule has 8 heteroatoms. The number of anilines is 1. The number of carbonyl (C=O) groups is 1. The Morgan fingerprint density at radius 3 is 2.73 bits per heavy atom. The Morgan fingerprint density at radius 2 is 2.07 bits per heavy atom. The summed E-state index contributed by atoms with van der Waals surface area (Å²) in [6, 6.07) is 5.29. The first-order valence-corrected chi connectivity index (χ1v) is 9.97. The maximum Gasteiger partial charge on any atom is 0.261 e. The molecule has 2 fully saturated rings. The zero-order valence-electron chi connectivity index (χ0n) is 17.4. The van der Waals surface area contributed by atoms with E-state index in [0.29, 0.717) is 22.9 Å². The van der Waals surface area contributed by atoms with Crippen molar-refractivity contribution >= 4 is 17.2 Å². The quantitative estimate of drug-likeness (QED) is 0.646. The summed E-state index contributed by atoms with van der Waals surface area (Å²) in [5.41, 5.74) is 2.66. The summed E-state index contributed by atoms with van der Waals surface area (Å²) in [5, 5.41) is 2.87. The summed E-state index contributed by atoms with van der Waals surface area (Å²) < 4.78 is 18.7. The van der Waals surface area contributed by atoms with Crippen molar-refractivity contribution in [3.8, 4) is 11.6 Å². The second kappa shape index (κ2) is 6.43. The van der Waals surface area contributed by atoms with Gasteiger partial charge in [0.1, 0.15) is 17.1 Å². The minimum atomic E-state index is -0.309. The molecule has 5 rings (SSSR count). The zero-order chi connectivity index (χ0) is 21.1. The molecule has 0 aromatic carbocycles. The van der Waals surface area contributed by atoms with Crippen LogP contribution in [0.15, 0.2) is 36.8 Å². The van der Waals surface area contributed by atoms with E-state index in [1.54, 1.807) is 31.6 Å². The standard InChI is InChI=1S/C22H24N4O4/c1-13(2)30-16-8-18-25-17(21-11-22(21,12-21)29-4)10-26(18)9-14(16)19(27)24-15-6-5-7-23-20(15)28-3/h5-10,13H,11-12H2,1-4H3,(H,24,27). The summed E-state index contributed by atoms with van der Waals surface area (Å²) in [6.07, 6.45) is 7.28. The molecule has 1 amide bonds. The maximum absolute atomic E-state index is 13.1. The molecule has 0 saturated heterocycles. The van der Waals surface area contributed by atoms with Gasteiger partial charge in [-0.05, 0) is 38.8 Å². The Morgan fingerprint density at radius 1 is 1.27 bits per heavy atom. The normalized spacial score (nSPS) is 23.9. The fourth-order valence-corrected chi connectivity index (χ4v) is 4.20. The van der Waals surface area contributed by atoms with Crippen molar-refractivity contribution in [2.45, 2.75) is 43.8 Å². The second-order valence-electron chi connectivity index (χ2n) is 8.26. The van der Waals surface area contributed by atoms with Crippen molar-refractivity contribution < 1.29 is 19.0 Å².